The Labute approximate surface area is 129 Å². The minimum absolute atomic E-state index is 0. The van der Waals surface area contributed by atoms with Crippen LogP contribution in [0, 0.1) is 0 Å². The molecule has 0 heterocycles. The molecule has 0 spiro atoms. The molecule has 0 saturated carbocycles. The molecule has 0 aliphatic heterocycles. The van der Waals surface area contributed by atoms with Gasteiger partial charge in [-0.1, -0.05) is 38.2 Å². The van der Waals surface area contributed by atoms with E-state index in [1.54, 1.807) is 0 Å². The van der Waals surface area contributed by atoms with E-state index in [9.17, 15) is 9.59 Å². The molecule has 0 aromatic carbocycles. The Hall–Kier alpha value is -1.01. The molecule has 0 aromatic rings. The smallest absolute Gasteiger partial charge is 0.146 e. The summed E-state index contributed by atoms with van der Waals surface area (Å²) in [5.41, 5.74) is 4.31. The Morgan fingerprint density at radius 1 is 0.895 bits per heavy atom. The number of allylic oxidation sites excluding steroid dienone is 8. The first kappa shape index (κ1) is 18.0. The molecular weight excluding hydrogens is 419 g/mol. The minimum atomic E-state index is 0. The van der Waals surface area contributed by atoms with Crippen molar-refractivity contribution in [1.29, 1.82) is 0 Å². The molecule has 3 heteroatoms. The Balaban J connectivity index is 0.000000324. The second kappa shape index (κ2) is 9.86. The maximum atomic E-state index is 10.3. The Kier molecular flexibility index (Phi) is 9.33. The summed E-state index contributed by atoms with van der Waals surface area (Å²) in [6, 6.07) is 0. The van der Waals surface area contributed by atoms with Crippen molar-refractivity contribution in [3.8, 4) is 0 Å². The van der Waals surface area contributed by atoms with E-state index >= 15 is 0 Å². The van der Waals surface area contributed by atoms with Gasteiger partial charge in [-0.25, -0.2) is 0 Å². The van der Waals surface area contributed by atoms with Crippen LogP contribution in [0.1, 0.15) is 39.5 Å². The molecule has 0 N–H and O–H groups in total. The van der Waals surface area contributed by atoms with Crippen molar-refractivity contribution in [1.82, 2.24) is 0 Å². The van der Waals surface area contributed by atoms with Crippen LogP contribution in [0.2, 0.25) is 0 Å². The molecule has 0 saturated heterocycles. The van der Waals surface area contributed by atoms with E-state index in [1.165, 1.54) is 11.1 Å². The zero-order chi connectivity index (χ0) is 13.4. The first-order valence-electron chi connectivity index (χ1n) is 6.44. The van der Waals surface area contributed by atoms with Crippen LogP contribution in [-0.2, 0) is 30.7 Å². The van der Waals surface area contributed by atoms with Crippen LogP contribution in [0.4, 0.5) is 0 Å². The molecule has 106 valence electrons. The van der Waals surface area contributed by atoms with Gasteiger partial charge in [-0.2, -0.15) is 0 Å². The van der Waals surface area contributed by atoms with Crippen molar-refractivity contribution in [2.45, 2.75) is 39.5 Å². The largest absolute Gasteiger partial charge is 0.298 e. The maximum Gasteiger partial charge on any atom is 0.146 e. The summed E-state index contributed by atoms with van der Waals surface area (Å²) < 4.78 is 0. The van der Waals surface area contributed by atoms with Crippen LogP contribution in [0.3, 0.4) is 0 Å². The Bertz CT molecular complexity index is 398. The third-order valence-corrected chi connectivity index (χ3v) is 3.18. The average Bonchev–Trinajstić information content (AvgIpc) is 3.06. The average molecular weight is 439 g/mol. The van der Waals surface area contributed by atoms with Crippen molar-refractivity contribution in [2.24, 2.45) is 0 Å². The SMILES string of the molecule is CCC1=C(C=O)CC=C1.CCC1=C(C=O)CC=C1.[Pt]. The summed E-state index contributed by atoms with van der Waals surface area (Å²) in [5, 5.41) is 0. The standard InChI is InChI=1S/2C8H10O.Pt/c2*1-2-7-4-3-5-8(7)6-9;/h2*3-4,6H,2,5H2,1H3;. The number of rotatable bonds is 4. The molecule has 2 nitrogen and oxygen atoms in total. The van der Waals surface area contributed by atoms with Crippen molar-refractivity contribution >= 4 is 12.6 Å². The predicted molar refractivity (Wildman–Crippen MR) is 74.3 cm³/mol. The fourth-order valence-corrected chi connectivity index (χ4v) is 2.07. The molecule has 0 amide bonds. The molecule has 2 aliphatic rings. The summed E-state index contributed by atoms with van der Waals surface area (Å²) in [6.45, 7) is 4.13. The van der Waals surface area contributed by atoms with Crippen molar-refractivity contribution in [2.75, 3.05) is 0 Å². The van der Waals surface area contributed by atoms with Gasteiger partial charge in [0, 0.05) is 21.1 Å². The van der Waals surface area contributed by atoms with E-state index in [1.807, 2.05) is 24.3 Å². The number of aldehydes is 2. The molecular formula is C16H20O2Pt. The number of carbonyl (C=O) groups is 2. The van der Waals surface area contributed by atoms with Gasteiger partial charge in [0.25, 0.3) is 0 Å². The molecule has 0 aromatic heterocycles. The minimum Gasteiger partial charge on any atom is -0.298 e. The van der Waals surface area contributed by atoms with Crippen LogP contribution in [-0.4, -0.2) is 12.6 Å². The Morgan fingerprint density at radius 2 is 1.26 bits per heavy atom. The van der Waals surface area contributed by atoms with Gasteiger partial charge in [-0.3, -0.25) is 9.59 Å². The first-order chi connectivity index (χ1) is 8.76. The molecule has 2 rings (SSSR count). The predicted octanol–water partition coefficient (Wildman–Crippen LogP) is 3.70. The van der Waals surface area contributed by atoms with Crippen LogP contribution in [0.15, 0.2) is 46.6 Å². The van der Waals surface area contributed by atoms with Gasteiger partial charge >= 0.3 is 0 Å². The third kappa shape index (κ3) is 5.24. The summed E-state index contributed by atoms with van der Waals surface area (Å²) >= 11 is 0. The Morgan fingerprint density at radius 3 is 1.47 bits per heavy atom. The van der Waals surface area contributed by atoms with Crippen molar-refractivity contribution < 1.29 is 30.7 Å². The van der Waals surface area contributed by atoms with Crippen LogP contribution in [0.25, 0.3) is 0 Å². The summed E-state index contributed by atoms with van der Waals surface area (Å²) in [7, 11) is 0. The van der Waals surface area contributed by atoms with Gasteiger partial charge in [-0.15, -0.1) is 0 Å². The number of hydrogen-bond donors (Lipinski definition) is 0. The second-order valence-corrected chi connectivity index (χ2v) is 4.26. The van der Waals surface area contributed by atoms with E-state index in [4.69, 9.17) is 0 Å². The zero-order valence-electron chi connectivity index (χ0n) is 11.4. The molecule has 19 heavy (non-hydrogen) atoms. The number of hydrogen-bond acceptors (Lipinski definition) is 2. The third-order valence-electron chi connectivity index (χ3n) is 3.18. The zero-order valence-corrected chi connectivity index (χ0v) is 13.7. The first-order valence-corrected chi connectivity index (χ1v) is 6.44. The molecule has 0 atom stereocenters. The van der Waals surface area contributed by atoms with Crippen molar-refractivity contribution in [3.05, 3.63) is 46.6 Å². The quantitative estimate of drug-likeness (QED) is 0.626. The fourth-order valence-electron chi connectivity index (χ4n) is 2.07. The van der Waals surface area contributed by atoms with E-state index in [0.717, 1.165) is 49.4 Å². The summed E-state index contributed by atoms with van der Waals surface area (Å²) in [4.78, 5) is 20.6. The summed E-state index contributed by atoms with van der Waals surface area (Å²) in [6.07, 6.45) is 13.7. The summed E-state index contributed by atoms with van der Waals surface area (Å²) in [5.74, 6) is 0. The van der Waals surface area contributed by atoms with E-state index in [-0.39, 0.29) is 21.1 Å². The van der Waals surface area contributed by atoms with Crippen LogP contribution in [0.5, 0.6) is 0 Å². The van der Waals surface area contributed by atoms with Gasteiger partial charge in [-0.05, 0) is 48.0 Å². The molecule has 2 aliphatic carbocycles. The fraction of sp³-hybridized carbons (Fsp3) is 0.375. The molecule has 0 fully saturated rings. The monoisotopic (exact) mass is 439 g/mol. The van der Waals surface area contributed by atoms with Gasteiger partial charge in [0.1, 0.15) is 12.6 Å². The van der Waals surface area contributed by atoms with Crippen LogP contribution >= 0.6 is 0 Å². The van der Waals surface area contributed by atoms with E-state index < -0.39 is 0 Å². The normalized spacial score (nSPS) is 16.1. The second-order valence-electron chi connectivity index (χ2n) is 4.26. The van der Waals surface area contributed by atoms with Gasteiger partial charge < -0.3 is 0 Å². The topological polar surface area (TPSA) is 34.1 Å². The van der Waals surface area contributed by atoms with Crippen molar-refractivity contribution in [3.63, 3.8) is 0 Å². The van der Waals surface area contributed by atoms with Gasteiger partial charge in [0.2, 0.25) is 0 Å². The van der Waals surface area contributed by atoms with E-state index in [0.29, 0.717) is 0 Å². The molecule has 0 unspecified atom stereocenters. The molecule has 0 bridgehead atoms. The molecule has 0 radical (unpaired) electrons. The van der Waals surface area contributed by atoms with Crippen LogP contribution < -0.4 is 0 Å². The maximum absolute atomic E-state index is 10.3. The van der Waals surface area contributed by atoms with Gasteiger partial charge in [0.15, 0.2) is 0 Å². The van der Waals surface area contributed by atoms with Gasteiger partial charge in [0.05, 0.1) is 0 Å². The number of carbonyl (C=O) groups excluding carboxylic acids is 2. The van der Waals surface area contributed by atoms with E-state index in [2.05, 4.69) is 13.8 Å².